The molecule has 9 heteroatoms. The quantitative estimate of drug-likeness (QED) is 0.365. The van der Waals surface area contributed by atoms with E-state index in [1.54, 1.807) is 32.0 Å². The van der Waals surface area contributed by atoms with Crippen molar-refractivity contribution in [1.82, 2.24) is 10.6 Å². The number of hydrogen-bond donors (Lipinski definition) is 2. The number of benzene rings is 1. The van der Waals surface area contributed by atoms with Crippen molar-refractivity contribution in [3.8, 4) is 11.5 Å². The van der Waals surface area contributed by atoms with Crippen molar-refractivity contribution >= 4 is 11.9 Å². The highest BCUT2D eigenvalue weighted by atomic mass is 19.3. The van der Waals surface area contributed by atoms with Crippen molar-refractivity contribution in [2.75, 3.05) is 26.8 Å². The normalized spacial score (nSPS) is 12.5. The summed E-state index contributed by atoms with van der Waals surface area (Å²) in [5, 5.41) is 6.06. The molecule has 0 aromatic heterocycles. The summed E-state index contributed by atoms with van der Waals surface area (Å²) in [7, 11) is 1.33. The highest BCUT2D eigenvalue weighted by Gasteiger charge is 2.16. The van der Waals surface area contributed by atoms with Crippen LogP contribution in [0.25, 0.3) is 0 Å². The van der Waals surface area contributed by atoms with Gasteiger partial charge >= 0.3 is 12.6 Å². The maximum Gasteiger partial charge on any atom is 0.387 e. The van der Waals surface area contributed by atoms with Crippen LogP contribution in [0.5, 0.6) is 11.5 Å². The van der Waals surface area contributed by atoms with Crippen molar-refractivity contribution < 1.29 is 27.8 Å². The fourth-order valence-electron chi connectivity index (χ4n) is 2.22. The minimum absolute atomic E-state index is 0.0307. The van der Waals surface area contributed by atoms with Gasteiger partial charge in [0.1, 0.15) is 0 Å². The van der Waals surface area contributed by atoms with Crippen LogP contribution in [0.3, 0.4) is 0 Å². The zero-order valence-electron chi connectivity index (χ0n) is 16.1. The summed E-state index contributed by atoms with van der Waals surface area (Å²) >= 11 is 0. The highest BCUT2D eigenvalue weighted by molar-refractivity contribution is 5.80. The number of carbonyl (C=O) groups excluding carboxylic acids is 1. The molecule has 0 aliphatic carbocycles. The fourth-order valence-corrected chi connectivity index (χ4v) is 2.22. The van der Waals surface area contributed by atoms with Crippen molar-refractivity contribution in [3.63, 3.8) is 0 Å². The van der Waals surface area contributed by atoms with E-state index >= 15 is 0 Å². The molecule has 0 saturated heterocycles. The van der Waals surface area contributed by atoms with Gasteiger partial charge in [-0.05, 0) is 19.9 Å². The molecular weight excluding hydrogens is 360 g/mol. The Morgan fingerprint density at radius 1 is 1.26 bits per heavy atom. The van der Waals surface area contributed by atoms with Crippen molar-refractivity contribution in [3.05, 3.63) is 23.8 Å². The van der Waals surface area contributed by atoms with Gasteiger partial charge in [-0.1, -0.05) is 19.1 Å². The summed E-state index contributed by atoms with van der Waals surface area (Å²) in [6, 6.07) is 4.90. The minimum atomic E-state index is -2.97. The first-order valence-electron chi connectivity index (χ1n) is 8.72. The summed E-state index contributed by atoms with van der Waals surface area (Å²) in [5.74, 6) is -0.0500. The van der Waals surface area contributed by atoms with Gasteiger partial charge in [0.25, 0.3) is 0 Å². The number of halogens is 2. The first kappa shape index (κ1) is 22.5. The first-order valence-corrected chi connectivity index (χ1v) is 8.72. The number of esters is 1. The van der Waals surface area contributed by atoms with Gasteiger partial charge in [-0.15, -0.1) is 0 Å². The SMILES string of the molecule is CCNC(=NCc1cccc(OCC)c1OC(F)F)NCC(C)C(=O)OC. The Labute approximate surface area is 158 Å². The average molecular weight is 387 g/mol. The molecule has 27 heavy (non-hydrogen) atoms. The number of nitrogens with one attached hydrogen (secondary N) is 2. The molecule has 0 saturated carbocycles. The summed E-state index contributed by atoms with van der Waals surface area (Å²) < 4.78 is 40.2. The molecule has 0 aliphatic rings. The molecule has 0 heterocycles. The number of rotatable bonds is 10. The number of methoxy groups -OCH3 is 1. The second-order valence-corrected chi connectivity index (χ2v) is 5.56. The lowest BCUT2D eigenvalue weighted by molar-refractivity contribution is -0.144. The van der Waals surface area contributed by atoms with E-state index in [1.807, 2.05) is 6.92 Å². The van der Waals surface area contributed by atoms with Crippen LogP contribution in [0.2, 0.25) is 0 Å². The van der Waals surface area contributed by atoms with E-state index in [0.717, 1.165) is 0 Å². The van der Waals surface area contributed by atoms with Gasteiger partial charge in [0, 0.05) is 18.7 Å². The van der Waals surface area contributed by atoms with E-state index in [2.05, 4.69) is 25.1 Å². The van der Waals surface area contributed by atoms with E-state index in [9.17, 15) is 13.6 Å². The van der Waals surface area contributed by atoms with Gasteiger partial charge in [0.05, 0.1) is 26.2 Å². The molecule has 0 radical (unpaired) electrons. The molecule has 1 aromatic carbocycles. The van der Waals surface area contributed by atoms with Crippen molar-refractivity contribution in [2.45, 2.75) is 33.9 Å². The number of ether oxygens (including phenoxy) is 3. The van der Waals surface area contributed by atoms with Gasteiger partial charge in [-0.3, -0.25) is 4.79 Å². The van der Waals surface area contributed by atoms with Crippen LogP contribution in [-0.2, 0) is 16.1 Å². The van der Waals surface area contributed by atoms with Crippen LogP contribution < -0.4 is 20.1 Å². The molecule has 0 aliphatic heterocycles. The molecule has 0 fully saturated rings. The number of hydrogen-bond acceptors (Lipinski definition) is 5. The lowest BCUT2D eigenvalue weighted by Gasteiger charge is -2.16. The Bertz CT molecular complexity index is 627. The molecule has 0 spiro atoms. The highest BCUT2D eigenvalue weighted by Crippen LogP contribution is 2.33. The third kappa shape index (κ3) is 7.67. The zero-order chi connectivity index (χ0) is 20.2. The van der Waals surface area contributed by atoms with E-state index in [4.69, 9.17) is 4.74 Å². The Hall–Kier alpha value is -2.58. The van der Waals surface area contributed by atoms with Crippen LogP contribution in [0, 0.1) is 5.92 Å². The second-order valence-electron chi connectivity index (χ2n) is 5.56. The standard InChI is InChI=1S/C18H27F2N3O4/c1-5-21-18(22-10-12(3)16(24)25-4)23-11-13-8-7-9-14(26-6-2)15(13)27-17(19)20/h7-9,12,17H,5-6,10-11H2,1-4H3,(H2,21,22,23). The largest absolute Gasteiger partial charge is 0.490 e. The molecule has 2 N–H and O–H groups in total. The number of aliphatic imine (C=N–C) groups is 1. The first-order chi connectivity index (χ1) is 12.9. The molecule has 0 bridgehead atoms. The van der Waals surface area contributed by atoms with Crippen molar-refractivity contribution in [2.24, 2.45) is 10.9 Å². The Kier molecular flexibility index (Phi) is 9.92. The monoisotopic (exact) mass is 387 g/mol. The molecule has 1 atom stereocenters. The molecule has 1 rings (SSSR count). The van der Waals surface area contributed by atoms with E-state index in [1.165, 1.54) is 7.11 Å². The summed E-state index contributed by atoms with van der Waals surface area (Å²) in [5.41, 5.74) is 0.458. The molecule has 0 amide bonds. The topological polar surface area (TPSA) is 81.2 Å². The average Bonchev–Trinajstić information content (AvgIpc) is 2.64. The molecule has 7 nitrogen and oxygen atoms in total. The van der Waals surface area contributed by atoms with Gasteiger partial charge < -0.3 is 24.8 Å². The Morgan fingerprint density at radius 3 is 2.59 bits per heavy atom. The zero-order valence-corrected chi connectivity index (χ0v) is 16.1. The number of para-hydroxylation sites is 1. The molecule has 152 valence electrons. The summed E-state index contributed by atoms with van der Waals surface area (Å²) in [6.07, 6.45) is 0. The number of nitrogens with zero attached hydrogens (tertiary/aromatic N) is 1. The lowest BCUT2D eigenvalue weighted by atomic mass is 10.2. The third-order valence-electron chi connectivity index (χ3n) is 3.50. The number of carbonyl (C=O) groups is 1. The van der Waals surface area contributed by atoms with E-state index in [-0.39, 0.29) is 29.9 Å². The molecule has 1 aromatic rings. The van der Waals surface area contributed by atoms with Crippen LogP contribution in [0.4, 0.5) is 8.78 Å². The van der Waals surface area contributed by atoms with Crippen LogP contribution in [0.1, 0.15) is 26.3 Å². The summed E-state index contributed by atoms with van der Waals surface area (Å²) in [4.78, 5) is 15.9. The summed E-state index contributed by atoms with van der Waals surface area (Å²) in [6.45, 7) is 3.72. The number of alkyl halides is 2. The number of guanidine groups is 1. The molecular formula is C18H27F2N3O4. The van der Waals surface area contributed by atoms with E-state index < -0.39 is 6.61 Å². The lowest BCUT2D eigenvalue weighted by Crippen LogP contribution is -2.40. The Balaban J connectivity index is 2.94. The predicted molar refractivity (Wildman–Crippen MR) is 98.2 cm³/mol. The van der Waals surface area contributed by atoms with Gasteiger partial charge in [-0.25, -0.2) is 4.99 Å². The predicted octanol–water partition coefficient (Wildman–Crippen LogP) is 2.55. The third-order valence-corrected chi connectivity index (χ3v) is 3.50. The smallest absolute Gasteiger partial charge is 0.387 e. The van der Waals surface area contributed by atoms with Gasteiger partial charge in [0.2, 0.25) is 0 Å². The Morgan fingerprint density at radius 2 is 2.00 bits per heavy atom. The van der Waals surface area contributed by atoms with Crippen LogP contribution in [0.15, 0.2) is 23.2 Å². The second kappa shape index (κ2) is 11.9. The minimum Gasteiger partial charge on any atom is -0.490 e. The molecule has 1 unspecified atom stereocenters. The van der Waals surface area contributed by atoms with Crippen LogP contribution >= 0.6 is 0 Å². The van der Waals surface area contributed by atoms with Crippen LogP contribution in [-0.4, -0.2) is 45.3 Å². The maximum atomic E-state index is 12.8. The van der Waals surface area contributed by atoms with Crippen molar-refractivity contribution in [1.29, 1.82) is 0 Å². The van der Waals surface area contributed by atoms with E-state index in [0.29, 0.717) is 31.2 Å². The van der Waals surface area contributed by atoms with Gasteiger partial charge in [-0.2, -0.15) is 8.78 Å². The maximum absolute atomic E-state index is 12.8. The van der Waals surface area contributed by atoms with Gasteiger partial charge in [0.15, 0.2) is 17.5 Å². The fraction of sp³-hybridized carbons (Fsp3) is 0.556.